The van der Waals surface area contributed by atoms with E-state index in [9.17, 15) is 4.79 Å². The van der Waals surface area contributed by atoms with Crippen molar-refractivity contribution in [2.24, 2.45) is 0 Å². The number of carbonyl (C=O) groups is 1. The second-order valence-electron chi connectivity index (χ2n) is 4.84. The molecule has 3 rings (SSSR count). The van der Waals surface area contributed by atoms with Gasteiger partial charge in [-0.1, -0.05) is 12.1 Å². The molecule has 0 bridgehead atoms. The van der Waals surface area contributed by atoms with E-state index in [0.717, 1.165) is 29.1 Å². The van der Waals surface area contributed by atoms with Crippen molar-refractivity contribution in [2.45, 2.75) is 20.0 Å². The predicted octanol–water partition coefficient (Wildman–Crippen LogP) is 1.92. The van der Waals surface area contributed by atoms with E-state index in [-0.39, 0.29) is 5.91 Å². The van der Waals surface area contributed by atoms with Gasteiger partial charge in [0.15, 0.2) is 0 Å². The molecule has 0 atom stereocenters. The maximum atomic E-state index is 12.2. The molecule has 1 amide bonds. The van der Waals surface area contributed by atoms with Crippen LogP contribution in [-0.4, -0.2) is 34.2 Å². The molecule has 1 aliphatic rings. The molecule has 0 radical (unpaired) electrons. The Morgan fingerprint density at radius 1 is 1.30 bits per heavy atom. The van der Waals surface area contributed by atoms with E-state index in [2.05, 4.69) is 5.10 Å². The Kier molecular flexibility index (Phi) is 3.18. The van der Waals surface area contributed by atoms with Crippen molar-refractivity contribution in [3.8, 4) is 5.75 Å². The molecule has 0 N–H and O–H groups in total. The molecule has 5 heteroatoms. The number of aromatic nitrogens is 2. The molecule has 0 spiro atoms. The summed E-state index contributed by atoms with van der Waals surface area (Å²) in [5, 5.41) is 4.33. The van der Waals surface area contributed by atoms with E-state index >= 15 is 0 Å². The monoisotopic (exact) mass is 271 g/mol. The lowest BCUT2D eigenvalue weighted by atomic mass is 10.2. The summed E-state index contributed by atoms with van der Waals surface area (Å²) in [4.78, 5) is 14.1. The lowest BCUT2D eigenvalue weighted by molar-refractivity contribution is 0.0776. The topological polar surface area (TPSA) is 47.4 Å². The summed E-state index contributed by atoms with van der Waals surface area (Å²) in [6.45, 7) is 4.00. The molecule has 0 unspecified atom stereocenters. The third kappa shape index (κ3) is 2.05. The number of nitrogens with zero attached hydrogens (tertiary/aromatic N) is 3. The number of methoxy groups -OCH3 is 1. The third-order valence-corrected chi connectivity index (χ3v) is 3.64. The van der Waals surface area contributed by atoms with E-state index < -0.39 is 0 Å². The first-order valence-electron chi connectivity index (χ1n) is 6.69. The van der Waals surface area contributed by atoms with Crippen LogP contribution in [-0.2, 0) is 13.1 Å². The molecule has 2 heterocycles. The minimum Gasteiger partial charge on any atom is -0.497 e. The number of ether oxygens (including phenoxy) is 1. The highest BCUT2D eigenvalue weighted by molar-refractivity contribution is 5.96. The highest BCUT2D eigenvalue weighted by Crippen LogP contribution is 2.23. The standard InChI is InChI=1S/C15H17N3O2/c1-3-17-10-12-8-16-18(14(12)15(17)19)9-11-4-6-13(20-2)7-5-11/h4-8H,3,9-10H2,1-2H3. The number of hydrogen-bond acceptors (Lipinski definition) is 3. The molecule has 104 valence electrons. The zero-order valence-electron chi connectivity index (χ0n) is 11.7. The molecule has 2 aromatic rings. The van der Waals surface area contributed by atoms with Crippen LogP contribution in [0.25, 0.3) is 0 Å². The van der Waals surface area contributed by atoms with Gasteiger partial charge in [-0.15, -0.1) is 0 Å². The van der Waals surface area contributed by atoms with Gasteiger partial charge in [0, 0.05) is 18.7 Å². The molecule has 0 fully saturated rings. The summed E-state index contributed by atoms with van der Waals surface area (Å²) >= 11 is 0. The highest BCUT2D eigenvalue weighted by Gasteiger charge is 2.30. The van der Waals surface area contributed by atoms with Crippen LogP contribution in [0.3, 0.4) is 0 Å². The molecule has 0 saturated heterocycles. The van der Waals surface area contributed by atoms with Crippen molar-refractivity contribution in [1.29, 1.82) is 0 Å². The van der Waals surface area contributed by atoms with Gasteiger partial charge in [0.25, 0.3) is 5.91 Å². The molecule has 0 saturated carbocycles. The van der Waals surface area contributed by atoms with Gasteiger partial charge in [0.2, 0.25) is 0 Å². The summed E-state index contributed by atoms with van der Waals surface area (Å²) in [6.07, 6.45) is 1.80. The Labute approximate surface area is 117 Å². The lowest BCUT2D eigenvalue weighted by Crippen LogP contribution is -2.25. The summed E-state index contributed by atoms with van der Waals surface area (Å²) in [5.74, 6) is 0.904. The first kappa shape index (κ1) is 12.7. The summed E-state index contributed by atoms with van der Waals surface area (Å²) in [7, 11) is 1.65. The maximum absolute atomic E-state index is 12.2. The normalized spacial score (nSPS) is 13.7. The van der Waals surface area contributed by atoms with Gasteiger partial charge in [-0.25, -0.2) is 0 Å². The maximum Gasteiger partial charge on any atom is 0.272 e. The molecule has 0 aliphatic carbocycles. The first-order valence-corrected chi connectivity index (χ1v) is 6.69. The molecule has 1 aromatic carbocycles. The molecule has 1 aliphatic heterocycles. The van der Waals surface area contributed by atoms with Crippen molar-refractivity contribution in [3.05, 3.63) is 47.3 Å². The predicted molar refractivity (Wildman–Crippen MR) is 74.7 cm³/mol. The second kappa shape index (κ2) is 5.00. The number of fused-ring (bicyclic) bond motifs is 1. The van der Waals surface area contributed by atoms with Gasteiger partial charge in [0.05, 0.1) is 19.9 Å². The minimum atomic E-state index is 0.0773. The Morgan fingerprint density at radius 2 is 2.05 bits per heavy atom. The van der Waals surface area contributed by atoms with E-state index in [0.29, 0.717) is 13.1 Å². The fraction of sp³-hybridized carbons (Fsp3) is 0.333. The van der Waals surface area contributed by atoms with Gasteiger partial charge in [-0.2, -0.15) is 5.10 Å². The second-order valence-corrected chi connectivity index (χ2v) is 4.84. The fourth-order valence-electron chi connectivity index (χ4n) is 2.49. The number of rotatable bonds is 4. The zero-order valence-corrected chi connectivity index (χ0v) is 11.7. The molecular formula is C15H17N3O2. The van der Waals surface area contributed by atoms with Gasteiger partial charge in [-0.3, -0.25) is 9.48 Å². The minimum absolute atomic E-state index is 0.0773. The fourth-order valence-corrected chi connectivity index (χ4v) is 2.49. The van der Waals surface area contributed by atoms with Gasteiger partial charge >= 0.3 is 0 Å². The van der Waals surface area contributed by atoms with Crippen molar-refractivity contribution in [1.82, 2.24) is 14.7 Å². The molecule has 20 heavy (non-hydrogen) atoms. The third-order valence-electron chi connectivity index (χ3n) is 3.64. The van der Waals surface area contributed by atoms with E-state index in [1.165, 1.54) is 0 Å². The summed E-state index contributed by atoms with van der Waals surface area (Å²) < 4.78 is 6.93. The van der Waals surface area contributed by atoms with E-state index in [1.54, 1.807) is 18.0 Å². The Hall–Kier alpha value is -2.30. The summed E-state index contributed by atoms with van der Waals surface area (Å²) in [6, 6.07) is 7.81. The molecule has 1 aromatic heterocycles. The van der Waals surface area contributed by atoms with Crippen LogP contribution in [0.15, 0.2) is 30.5 Å². The van der Waals surface area contributed by atoms with Crippen LogP contribution in [0.5, 0.6) is 5.75 Å². The highest BCUT2D eigenvalue weighted by atomic mass is 16.5. The van der Waals surface area contributed by atoms with Crippen molar-refractivity contribution >= 4 is 5.91 Å². The Bertz CT molecular complexity index is 631. The van der Waals surface area contributed by atoms with Crippen LogP contribution in [0.2, 0.25) is 0 Å². The van der Waals surface area contributed by atoms with E-state index in [1.807, 2.05) is 36.1 Å². The number of amides is 1. The first-order chi connectivity index (χ1) is 9.72. The van der Waals surface area contributed by atoms with Crippen LogP contribution in [0.4, 0.5) is 0 Å². The average Bonchev–Trinajstić information content (AvgIpc) is 3.01. The largest absolute Gasteiger partial charge is 0.497 e. The van der Waals surface area contributed by atoms with Gasteiger partial charge in [-0.05, 0) is 24.6 Å². The average molecular weight is 271 g/mol. The van der Waals surface area contributed by atoms with Crippen LogP contribution >= 0.6 is 0 Å². The smallest absolute Gasteiger partial charge is 0.272 e. The van der Waals surface area contributed by atoms with Crippen molar-refractivity contribution in [2.75, 3.05) is 13.7 Å². The van der Waals surface area contributed by atoms with Gasteiger partial charge < -0.3 is 9.64 Å². The zero-order chi connectivity index (χ0) is 14.1. The van der Waals surface area contributed by atoms with E-state index in [4.69, 9.17) is 4.74 Å². The van der Waals surface area contributed by atoms with Gasteiger partial charge in [0.1, 0.15) is 11.4 Å². The number of carbonyl (C=O) groups excluding carboxylic acids is 1. The molecule has 5 nitrogen and oxygen atoms in total. The summed E-state index contributed by atoms with van der Waals surface area (Å²) in [5.41, 5.74) is 2.84. The van der Waals surface area contributed by atoms with Crippen molar-refractivity contribution < 1.29 is 9.53 Å². The Morgan fingerprint density at radius 3 is 2.70 bits per heavy atom. The molecular weight excluding hydrogens is 254 g/mol. The van der Waals surface area contributed by atoms with Crippen LogP contribution in [0, 0.1) is 0 Å². The Balaban J connectivity index is 1.84. The SMILES string of the molecule is CCN1Cc2cnn(Cc3ccc(OC)cc3)c2C1=O. The van der Waals surface area contributed by atoms with Crippen molar-refractivity contribution in [3.63, 3.8) is 0 Å². The van der Waals surface area contributed by atoms with Crippen LogP contribution in [0.1, 0.15) is 28.5 Å². The van der Waals surface area contributed by atoms with Crippen LogP contribution < -0.4 is 4.74 Å². The number of hydrogen-bond donors (Lipinski definition) is 0. The number of benzene rings is 1. The lowest BCUT2D eigenvalue weighted by Gasteiger charge is -2.13. The quantitative estimate of drug-likeness (QED) is 0.853.